The number of rotatable bonds is 69. The zero-order valence-corrected chi connectivity index (χ0v) is 59.5. The molecule has 0 amide bonds. The summed E-state index contributed by atoms with van der Waals surface area (Å²) in [5.74, 6) is -0.579. The van der Waals surface area contributed by atoms with Crippen molar-refractivity contribution in [3.05, 3.63) is 0 Å². The number of phosphoric ester groups is 2. The van der Waals surface area contributed by atoms with Gasteiger partial charge in [0, 0.05) is 25.7 Å². The van der Waals surface area contributed by atoms with E-state index in [1.807, 2.05) is 0 Å². The van der Waals surface area contributed by atoms with E-state index < -0.39 is 97.5 Å². The molecule has 0 heterocycles. The van der Waals surface area contributed by atoms with Gasteiger partial charge in [-0.2, -0.15) is 0 Å². The van der Waals surface area contributed by atoms with E-state index in [1.54, 1.807) is 0 Å². The summed E-state index contributed by atoms with van der Waals surface area (Å²) in [5, 5.41) is 10.6. The van der Waals surface area contributed by atoms with Crippen molar-refractivity contribution in [2.75, 3.05) is 39.6 Å². The second kappa shape index (κ2) is 62.2. The highest BCUT2D eigenvalue weighted by atomic mass is 31.2. The van der Waals surface area contributed by atoms with Crippen LogP contribution in [-0.4, -0.2) is 96.7 Å². The lowest BCUT2D eigenvalue weighted by molar-refractivity contribution is -0.161. The number of hydrogen-bond donors (Lipinski definition) is 3. The molecule has 5 atom stereocenters. The largest absolute Gasteiger partial charge is 0.472 e. The Morgan fingerprint density at radius 2 is 0.517 bits per heavy atom. The highest BCUT2D eigenvalue weighted by Crippen LogP contribution is 2.45. The van der Waals surface area contributed by atoms with Gasteiger partial charge in [0.1, 0.15) is 19.3 Å². The molecule has 0 saturated carbocycles. The summed E-state index contributed by atoms with van der Waals surface area (Å²) < 4.78 is 68.2. The van der Waals surface area contributed by atoms with Crippen molar-refractivity contribution in [3.8, 4) is 0 Å². The second-order valence-corrected chi connectivity index (χ2v) is 29.1. The SMILES string of the molecule is CCCCCCCCCCCCC(=O)OC[C@H](COP(=O)(O)OC[C@H](O)COP(=O)(O)OC[C@@H](COC(=O)CCCCCCCCCCCCC(C)C)OC(=O)CCCCCCCCCCCCCCCC(C)C)OC(=O)CCCCCCCCCCCC. The van der Waals surface area contributed by atoms with Gasteiger partial charge in [-0.25, -0.2) is 9.13 Å². The van der Waals surface area contributed by atoms with Gasteiger partial charge in [0.2, 0.25) is 0 Å². The summed E-state index contributed by atoms with van der Waals surface area (Å²) in [6.07, 6.45) is 47.1. The molecule has 2 unspecified atom stereocenters. The maximum atomic E-state index is 13.0. The third kappa shape index (κ3) is 64.6. The molecule has 0 spiro atoms. The molecule has 19 heteroatoms. The zero-order valence-electron chi connectivity index (χ0n) is 57.7. The van der Waals surface area contributed by atoms with Gasteiger partial charge in [-0.3, -0.25) is 37.3 Å². The fourth-order valence-electron chi connectivity index (χ4n) is 10.6. The number of hydrogen-bond acceptors (Lipinski definition) is 15. The molecule has 89 heavy (non-hydrogen) atoms. The Kier molecular flexibility index (Phi) is 60.8. The molecule has 0 rings (SSSR count). The molecule has 3 N–H and O–H groups in total. The Morgan fingerprint density at radius 1 is 0.303 bits per heavy atom. The standard InChI is InChI=1S/C70H136O17P2/c1-7-9-11-13-15-17-28-34-40-46-52-67(72)80-58-65(86-69(74)54-48-42-36-29-18-16-14-12-10-8-2)60-84-88(76,77)82-56-64(71)57-83-89(78,79)85-61-66(59-81-68(73)53-47-41-35-30-25-24-27-33-39-45-51-63(5)6)87-70(75)55-49-43-37-31-23-21-19-20-22-26-32-38-44-50-62(3)4/h62-66,71H,7-61H2,1-6H3,(H,76,77)(H,78,79)/t64-,65+,66+/m0/s1. The predicted molar refractivity (Wildman–Crippen MR) is 358 cm³/mol. The third-order valence-electron chi connectivity index (χ3n) is 16.2. The van der Waals surface area contributed by atoms with Crippen LogP contribution in [0.4, 0.5) is 0 Å². The number of aliphatic hydroxyl groups is 1. The molecular weight excluding hydrogens is 1170 g/mol. The van der Waals surface area contributed by atoms with Crippen molar-refractivity contribution in [2.24, 2.45) is 11.8 Å². The topological polar surface area (TPSA) is 237 Å². The van der Waals surface area contributed by atoms with Gasteiger partial charge in [0.25, 0.3) is 0 Å². The summed E-state index contributed by atoms with van der Waals surface area (Å²) in [5.41, 5.74) is 0. The van der Waals surface area contributed by atoms with Crippen LogP contribution in [0.15, 0.2) is 0 Å². The minimum atomic E-state index is -4.95. The molecule has 0 aliphatic carbocycles. The van der Waals surface area contributed by atoms with Crippen LogP contribution in [-0.2, 0) is 65.4 Å². The molecule has 0 aromatic carbocycles. The molecule has 0 aliphatic heterocycles. The van der Waals surface area contributed by atoms with Gasteiger partial charge in [-0.1, -0.05) is 305 Å². The van der Waals surface area contributed by atoms with Crippen molar-refractivity contribution in [3.63, 3.8) is 0 Å². The van der Waals surface area contributed by atoms with Crippen LogP contribution < -0.4 is 0 Å². The van der Waals surface area contributed by atoms with Gasteiger partial charge in [0.05, 0.1) is 26.4 Å². The van der Waals surface area contributed by atoms with Crippen LogP contribution in [0, 0.1) is 11.8 Å². The Labute approximate surface area is 543 Å². The van der Waals surface area contributed by atoms with Crippen LogP contribution in [0.1, 0.15) is 356 Å². The number of ether oxygens (including phenoxy) is 4. The van der Waals surface area contributed by atoms with Crippen LogP contribution in [0.5, 0.6) is 0 Å². The first-order chi connectivity index (χ1) is 42.9. The second-order valence-electron chi connectivity index (χ2n) is 26.2. The molecule has 0 saturated heterocycles. The molecule has 0 radical (unpaired) electrons. The molecule has 0 aliphatic rings. The van der Waals surface area contributed by atoms with Crippen LogP contribution >= 0.6 is 15.6 Å². The molecule has 17 nitrogen and oxygen atoms in total. The van der Waals surface area contributed by atoms with Gasteiger partial charge in [-0.05, 0) is 37.5 Å². The molecule has 0 aromatic rings. The average Bonchev–Trinajstić information content (AvgIpc) is 3.61. The Bertz CT molecular complexity index is 1730. The average molecular weight is 1310 g/mol. The first-order valence-electron chi connectivity index (χ1n) is 36.5. The van der Waals surface area contributed by atoms with Gasteiger partial charge < -0.3 is 33.8 Å². The lowest BCUT2D eigenvalue weighted by Crippen LogP contribution is -2.30. The highest BCUT2D eigenvalue weighted by molar-refractivity contribution is 7.47. The fraction of sp³-hybridized carbons (Fsp3) is 0.943. The van der Waals surface area contributed by atoms with Crippen LogP contribution in [0.3, 0.4) is 0 Å². The Morgan fingerprint density at radius 3 is 0.764 bits per heavy atom. The summed E-state index contributed by atoms with van der Waals surface area (Å²) in [7, 11) is -9.90. The Balaban J connectivity index is 5.23. The molecular formula is C70H136O17P2. The molecule has 0 fully saturated rings. The van der Waals surface area contributed by atoms with Crippen molar-refractivity contribution in [1.29, 1.82) is 0 Å². The van der Waals surface area contributed by atoms with E-state index in [9.17, 15) is 43.2 Å². The number of phosphoric acid groups is 2. The minimum absolute atomic E-state index is 0.106. The van der Waals surface area contributed by atoms with Crippen LogP contribution in [0.25, 0.3) is 0 Å². The number of carbonyl (C=O) groups excluding carboxylic acids is 4. The number of esters is 4. The van der Waals surface area contributed by atoms with E-state index in [0.29, 0.717) is 25.7 Å². The summed E-state index contributed by atoms with van der Waals surface area (Å²) in [4.78, 5) is 72.5. The maximum absolute atomic E-state index is 13.0. The van der Waals surface area contributed by atoms with Gasteiger partial charge >= 0.3 is 39.5 Å². The summed E-state index contributed by atoms with van der Waals surface area (Å²) in [6, 6.07) is 0. The van der Waals surface area contributed by atoms with Crippen molar-refractivity contribution in [1.82, 2.24) is 0 Å². The lowest BCUT2D eigenvalue weighted by Gasteiger charge is -2.21. The van der Waals surface area contributed by atoms with E-state index in [4.69, 9.17) is 37.0 Å². The lowest BCUT2D eigenvalue weighted by atomic mass is 10.0. The first kappa shape index (κ1) is 87.1. The third-order valence-corrected chi connectivity index (χ3v) is 18.1. The van der Waals surface area contributed by atoms with E-state index >= 15 is 0 Å². The molecule has 528 valence electrons. The van der Waals surface area contributed by atoms with E-state index in [2.05, 4.69) is 41.5 Å². The first-order valence-corrected chi connectivity index (χ1v) is 39.5. The monoisotopic (exact) mass is 1310 g/mol. The van der Waals surface area contributed by atoms with E-state index in [-0.39, 0.29) is 25.7 Å². The van der Waals surface area contributed by atoms with Crippen molar-refractivity contribution < 1.29 is 80.2 Å². The van der Waals surface area contributed by atoms with Crippen molar-refractivity contribution in [2.45, 2.75) is 374 Å². The quantitative estimate of drug-likeness (QED) is 0.0222. The minimum Gasteiger partial charge on any atom is -0.462 e. The van der Waals surface area contributed by atoms with Crippen LogP contribution in [0.2, 0.25) is 0 Å². The Hall–Kier alpha value is -1.94. The maximum Gasteiger partial charge on any atom is 0.472 e. The highest BCUT2D eigenvalue weighted by Gasteiger charge is 2.30. The number of carbonyl (C=O) groups is 4. The predicted octanol–water partition coefficient (Wildman–Crippen LogP) is 20.0. The van der Waals surface area contributed by atoms with Gasteiger partial charge in [0.15, 0.2) is 12.2 Å². The molecule has 0 aromatic heterocycles. The number of unbranched alkanes of at least 4 members (excludes halogenated alkanes) is 39. The van der Waals surface area contributed by atoms with E-state index in [0.717, 1.165) is 102 Å². The van der Waals surface area contributed by atoms with E-state index in [1.165, 1.54) is 173 Å². The number of aliphatic hydroxyl groups excluding tert-OH is 1. The fourth-order valence-corrected chi connectivity index (χ4v) is 12.2. The zero-order chi connectivity index (χ0) is 65.7. The van der Waals surface area contributed by atoms with Crippen molar-refractivity contribution >= 4 is 39.5 Å². The smallest absolute Gasteiger partial charge is 0.462 e. The summed E-state index contributed by atoms with van der Waals surface area (Å²) in [6.45, 7) is 9.54. The summed E-state index contributed by atoms with van der Waals surface area (Å²) >= 11 is 0. The molecule has 0 bridgehead atoms. The normalized spacial score (nSPS) is 14.1. The van der Waals surface area contributed by atoms with Gasteiger partial charge in [-0.15, -0.1) is 0 Å².